The Morgan fingerprint density at radius 2 is 2.16 bits per heavy atom. The van der Waals surface area contributed by atoms with E-state index in [9.17, 15) is 4.79 Å². The van der Waals surface area contributed by atoms with Crippen molar-refractivity contribution in [3.63, 3.8) is 0 Å². The molecule has 0 aliphatic rings. The molecule has 1 N–H and O–H groups in total. The maximum atomic E-state index is 12.3. The number of ether oxygens (including phenoxy) is 1. The van der Waals surface area contributed by atoms with E-state index in [0.29, 0.717) is 18.7 Å². The van der Waals surface area contributed by atoms with E-state index in [1.807, 2.05) is 19.9 Å². The number of nitrogens with zero attached hydrogens (tertiary/aromatic N) is 2. The fraction of sp³-hybridized carbons (Fsp3) is 0.571. The lowest BCUT2D eigenvalue weighted by Crippen LogP contribution is -2.30. The molecule has 5 heteroatoms. The van der Waals surface area contributed by atoms with Crippen LogP contribution >= 0.6 is 0 Å². The van der Waals surface area contributed by atoms with E-state index >= 15 is 0 Å². The third-order valence-electron chi connectivity index (χ3n) is 2.82. The molecule has 106 valence electrons. The van der Waals surface area contributed by atoms with E-state index in [1.54, 1.807) is 25.1 Å². The zero-order valence-electron chi connectivity index (χ0n) is 12.2. The number of aryl methyl sites for hydroxylation is 1. The zero-order chi connectivity index (χ0) is 14.3. The first-order chi connectivity index (χ1) is 9.12. The standard InChI is InChI=1S/C14H23N3O2/c1-5-12-9-11(10-13(16-12)15-6-2)14(18)17(3)7-8-19-4/h9-10H,5-8H2,1-4H3,(H,15,16). The molecule has 0 aliphatic carbocycles. The van der Waals surface area contributed by atoms with Gasteiger partial charge in [-0.1, -0.05) is 6.92 Å². The highest BCUT2D eigenvalue weighted by molar-refractivity contribution is 5.94. The summed E-state index contributed by atoms with van der Waals surface area (Å²) in [5, 5.41) is 3.15. The van der Waals surface area contributed by atoms with E-state index in [1.165, 1.54) is 0 Å². The number of nitrogens with one attached hydrogen (secondary N) is 1. The number of rotatable bonds is 7. The van der Waals surface area contributed by atoms with Crippen molar-refractivity contribution in [2.24, 2.45) is 0 Å². The summed E-state index contributed by atoms with van der Waals surface area (Å²) in [6, 6.07) is 3.65. The van der Waals surface area contributed by atoms with E-state index in [0.717, 1.165) is 24.5 Å². The Kier molecular flexibility index (Phi) is 6.29. The number of aromatic nitrogens is 1. The number of amides is 1. The van der Waals surface area contributed by atoms with Crippen LogP contribution in [0.3, 0.4) is 0 Å². The molecule has 0 aliphatic heterocycles. The Hall–Kier alpha value is -1.62. The van der Waals surface area contributed by atoms with Gasteiger partial charge >= 0.3 is 0 Å². The van der Waals surface area contributed by atoms with Gasteiger partial charge in [0, 0.05) is 38.5 Å². The van der Waals surface area contributed by atoms with Gasteiger partial charge in [0.25, 0.3) is 5.91 Å². The maximum Gasteiger partial charge on any atom is 0.253 e. The van der Waals surface area contributed by atoms with Crippen molar-refractivity contribution in [1.29, 1.82) is 0 Å². The Labute approximate surface area is 115 Å². The lowest BCUT2D eigenvalue weighted by atomic mass is 10.1. The molecule has 0 fully saturated rings. The molecule has 0 saturated carbocycles. The Morgan fingerprint density at radius 3 is 2.74 bits per heavy atom. The molecule has 5 nitrogen and oxygen atoms in total. The van der Waals surface area contributed by atoms with Crippen LogP contribution in [0.25, 0.3) is 0 Å². The minimum atomic E-state index is -0.00620. The fourth-order valence-electron chi connectivity index (χ4n) is 1.71. The summed E-state index contributed by atoms with van der Waals surface area (Å²) in [6.07, 6.45) is 0.807. The monoisotopic (exact) mass is 265 g/mol. The minimum Gasteiger partial charge on any atom is -0.383 e. The molecule has 1 aromatic rings. The van der Waals surface area contributed by atoms with Gasteiger partial charge in [-0.25, -0.2) is 4.98 Å². The van der Waals surface area contributed by atoms with Crippen LogP contribution in [0.15, 0.2) is 12.1 Å². The molecule has 1 amide bonds. The van der Waals surface area contributed by atoms with E-state index in [4.69, 9.17) is 4.74 Å². The summed E-state index contributed by atoms with van der Waals surface area (Å²) >= 11 is 0. The van der Waals surface area contributed by atoms with Gasteiger partial charge in [0.2, 0.25) is 0 Å². The number of carbonyl (C=O) groups excluding carboxylic acids is 1. The fourth-order valence-corrected chi connectivity index (χ4v) is 1.71. The summed E-state index contributed by atoms with van der Waals surface area (Å²) in [5.74, 6) is 0.749. The number of pyridine rings is 1. The lowest BCUT2D eigenvalue weighted by molar-refractivity contribution is 0.0744. The molecule has 0 saturated heterocycles. The van der Waals surface area contributed by atoms with E-state index in [2.05, 4.69) is 10.3 Å². The highest BCUT2D eigenvalue weighted by Gasteiger charge is 2.13. The van der Waals surface area contributed by atoms with Crippen molar-refractivity contribution in [3.8, 4) is 0 Å². The van der Waals surface area contributed by atoms with Crippen molar-refractivity contribution in [2.45, 2.75) is 20.3 Å². The normalized spacial score (nSPS) is 10.3. The van der Waals surface area contributed by atoms with Crippen molar-refractivity contribution in [2.75, 3.05) is 39.2 Å². The molecule has 19 heavy (non-hydrogen) atoms. The largest absolute Gasteiger partial charge is 0.383 e. The highest BCUT2D eigenvalue weighted by Crippen LogP contribution is 2.13. The predicted molar refractivity (Wildman–Crippen MR) is 76.6 cm³/mol. The Bertz CT molecular complexity index is 421. The first kappa shape index (κ1) is 15.4. The van der Waals surface area contributed by atoms with Crippen LogP contribution in [0.5, 0.6) is 0 Å². The number of methoxy groups -OCH3 is 1. The molecular weight excluding hydrogens is 242 g/mol. The van der Waals surface area contributed by atoms with Gasteiger partial charge in [-0.2, -0.15) is 0 Å². The molecule has 0 unspecified atom stereocenters. The number of hydrogen-bond donors (Lipinski definition) is 1. The minimum absolute atomic E-state index is 0.00620. The van der Waals surface area contributed by atoms with Crippen molar-refractivity contribution in [3.05, 3.63) is 23.4 Å². The smallest absolute Gasteiger partial charge is 0.253 e. The van der Waals surface area contributed by atoms with Crippen LogP contribution in [0.1, 0.15) is 29.9 Å². The number of hydrogen-bond acceptors (Lipinski definition) is 4. The van der Waals surface area contributed by atoms with Gasteiger partial charge < -0.3 is 15.0 Å². The quantitative estimate of drug-likeness (QED) is 0.816. The first-order valence-electron chi connectivity index (χ1n) is 6.61. The second-order valence-corrected chi connectivity index (χ2v) is 4.34. The first-order valence-corrected chi connectivity index (χ1v) is 6.61. The van der Waals surface area contributed by atoms with E-state index < -0.39 is 0 Å². The average Bonchev–Trinajstić information content (AvgIpc) is 2.43. The van der Waals surface area contributed by atoms with E-state index in [-0.39, 0.29) is 5.91 Å². The molecule has 1 rings (SSSR count). The summed E-state index contributed by atoms with van der Waals surface area (Å²) in [4.78, 5) is 18.4. The summed E-state index contributed by atoms with van der Waals surface area (Å²) in [5.41, 5.74) is 1.59. The van der Waals surface area contributed by atoms with Gasteiger partial charge in [-0.3, -0.25) is 4.79 Å². The number of likely N-dealkylation sites (N-methyl/N-ethyl adjacent to an activating group) is 1. The van der Waals surface area contributed by atoms with Crippen LogP contribution < -0.4 is 5.32 Å². The van der Waals surface area contributed by atoms with Gasteiger partial charge in [0.1, 0.15) is 5.82 Å². The molecule has 0 radical (unpaired) electrons. The SMILES string of the molecule is CCNc1cc(C(=O)N(C)CCOC)cc(CC)n1. The lowest BCUT2D eigenvalue weighted by Gasteiger charge is -2.17. The number of anilines is 1. The second kappa shape index (κ2) is 7.74. The molecule has 0 spiro atoms. The molecule has 1 heterocycles. The van der Waals surface area contributed by atoms with Crippen molar-refractivity contribution >= 4 is 11.7 Å². The molecule has 0 aromatic carbocycles. The zero-order valence-corrected chi connectivity index (χ0v) is 12.2. The summed E-state index contributed by atoms with van der Waals surface area (Å²) in [7, 11) is 3.41. The molecule has 1 aromatic heterocycles. The van der Waals surface area contributed by atoms with Crippen molar-refractivity contribution < 1.29 is 9.53 Å². The van der Waals surface area contributed by atoms with Gasteiger partial charge in [0.05, 0.1) is 6.61 Å². The van der Waals surface area contributed by atoms with Crippen LogP contribution in [-0.4, -0.2) is 49.6 Å². The molecule has 0 bridgehead atoms. The second-order valence-electron chi connectivity index (χ2n) is 4.34. The van der Waals surface area contributed by atoms with Gasteiger partial charge in [0.15, 0.2) is 0 Å². The summed E-state index contributed by atoms with van der Waals surface area (Å²) < 4.78 is 4.99. The van der Waals surface area contributed by atoms with Crippen LogP contribution in [-0.2, 0) is 11.2 Å². The van der Waals surface area contributed by atoms with Crippen molar-refractivity contribution in [1.82, 2.24) is 9.88 Å². The topological polar surface area (TPSA) is 54.5 Å². The third-order valence-corrected chi connectivity index (χ3v) is 2.82. The van der Waals surface area contributed by atoms with Crippen LogP contribution in [0.4, 0.5) is 5.82 Å². The average molecular weight is 265 g/mol. The van der Waals surface area contributed by atoms with Crippen LogP contribution in [0, 0.1) is 0 Å². The predicted octanol–water partition coefficient (Wildman–Crippen LogP) is 1.79. The third kappa shape index (κ3) is 4.52. The van der Waals surface area contributed by atoms with Gasteiger partial charge in [-0.15, -0.1) is 0 Å². The summed E-state index contributed by atoms with van der Waals surface area (Å²) in [6.45, 7) is 5.93. The van der Waals surface area contributed by atoms with Gasteiger partial charge in [-0.05, 0) is 25.5 Å². The maximum absolute atomic E-state index is 12.3. The number of carbonyl (C=O) groups is 1. The molecule has 0 atom stereocenters. The molecular formula is C14H23N3O2. The Morgan fingerprint density at radius 1 is 1.42 bits per heavy atom. The Balaban J connectivity index is 2.91. The highest BCUT2D eigenvalue weighted by atomic mass is 16.5. The van der Waals surface area contributed by atoms with Crippen LogP contribution in [0.2, 0.25) is 0 Å².